The molecule has 0 atom stereocenters. The smallest absolute Gasteiger partial charge is 0.422 e. The van der Waals surface area contributed by atoms with Crippen LogP contribution in [0.1, 0.15) is 32.8 Å². The van der Waals surface area contributed by atoms with Gasteiger partial charge >= 0.3 is 6.09 Å². The Kier molecular flexibility index (Phi) is 7.70. The standard InChI is InChI=1S/C16H26N2O4/c1-16(2,3)22-15(19)18-17-10-5-11-21-12-13-6-8-14(20-4)9-7-13/h6-9,17H,5,10-12H2,1-4H3,(H,18,19). The largest absolute Gasteiger partial charge is 0.497 e. The second-order valence-corrected chi connectivity index (χ2v) is 5.81. The molecule has 0 aromatic heterocycles. The summed E-state index contributed by atoms with van der Waals surface area (Å²) < 4.78 is 15.7. The Morgan fingerprint density at radius 1 is 1.18 bits per heavy atom. The van der Waals surface area contributed by atoms with Crippen LogP contribution in [0, 0.1) is 0 Å². The highest BCUT2D eigenvalue weighted by molar-refractivity contribution is 5.66. The highest BCUT2D eigenvalue weighted by atomic mass is 16.6. The maximum Gasteiger partial charge on any atom is 0.422 e. The van der Waals surface area contributed by atoms with E-state index in [9.17, 15) is 4.79 Å². The monoisotopic (exact) mass is 310 g/mol. The molecule has 0 aliphatic rings. The van der Waals surface area contributed by atoms with E-state index >= 15 is 0 Å². The zero-order chi connectivity index (χ0) is 16.4. The van der Waals surface area contributed by atoms with Crippen molar-refractivity contribution in [3.63, 3.8) is 0 Å². The fourth-order valence-electron chi connectivity index (χ4n) is 1.61. The van der Waals surface area contributed by atoms with Gasteiger partial charge in [-0.25, -0.2) is 10.2 Å². The van der Waals surface area contributed by atoms with E-state index in [0.717, 1.165) is 17.7 Å². The molecule has 0 heterocycles. The van der Waals surface area contributed by atoms with Crippen molar-refractivity contribution in [3.05, 3.63) is 29.8 Å². The first-order chi connectivity index (χ1) is 10.4. The molecule has 6 nitrogen and oxygen atoms in total. The average molecular weight is 310 g/mol. The minimum atomic E-state index is -0.493. The van der Waals surface area contributed by atoms with Crippen LogP contribution in [0.15, 0.2) is 24.3 Å². The quantitative estimate of drug-likeness (QED) is 0.570. The molecular formula is C16H26N2O4. The summed E-state index contributed by atoms with van der Waals surface area (Å²) >= 11 is 0. The summed E-state index contributed by atoms with van der Waals surface area (Å²) in [5.74, 6) is 0.834. The predicted octanol–water partition coefficient (Wildman–Crippen LogP) is 2.63. The first-order valence-electron chi connectivity index (χ1n) is 7.33. The number of benzene rings is 1. The van der Waals surface area contributed by atoms with E-state index in [-0.39, 0.29) is 0 Å². The fraction of sp³-hybridized carbons (Fsp3) is 0.562. The van der Waals surface area contributed by atoms with Crippen LogP contribution in [0.3, 0.4) is 0 Å². The Hall–Kier alpha value is -1.79. The number of carbonyl (C=O) groups excluding carboxylic acids is 1. The number of hydrogen-bond acceptors (Lipinski definition) is 5. The number of nitrogens with one attached hydrogen (secondary N) is 2. The third-order valence-corrected chi connectivity index (χ3v) is 2.61. The number of rotatable bonds is 8. The molecule has 0 unspecified atom stereocenters. The van der Waals surface area contributed by atoms with Crippen molar-refractivity contribution in [3.8, 4) is 5.75 Å². The molecule has 0 bridgehead atoms. The van der Waals surface area contributed by atoms with Crippen molar-refractivity contribution in [2.75, 3.05) is 20.3 Å². The van der Waals surface area contributed by atoms with E-state index in [0.29, 0.717) is 19.8 Å². The molecule has 1 amide bonds. The molecule has 0 fully saturated rings. The van der Waals surface area contributed by atoms with Gasteiger partial charge in [0.05, 0.1) is 13.7 Å². The van der Waals surface area contributed by atoms with E-state index in [1.165, 1.54) is 0 Å². The van der Waals surface area contributed by atoms with Crippen LogP contribution in [0.4, 0.5) is 4.79 Å². The molecule has 22 heavy (non-hydrogen) atoms. The van der Waals surface area contributed by atoms with Crippen molar-refractivity contribution in [1.29, 1.82) is 0 Å². The number of hydrazine groups is 1. The van der Waals surface area contributed by atoms with Crippen LogP contribution in [0.5, 0.6) is 5.75 Å². The Balaban J connectivity index is 2.02. The zero-order valence-corrected chi connectivity index (χ0v) is 13.8. The lowest BCUT2D eigenvalue weighted by Gasteiger charge is -2.19. The van der Waals surface area contributed by atoms with Crippen LogP contribution in [-0.2, 0) is 16.1 Å². The van der Waals surface area contributed by atoms with Gasteiger partial charge in [0.15, 0.2) is 0 Å². The van der Waals surface area contributed by atoms with Crippen molar-refractivity contribution in [2.45, 2.75) is 39.4 Å². The van der Waals surface area contributed by atoms with E-state index < -0.39 is 11.7 Å². The summed E-state index contributed by atoms with van der Waals surface area (Å²) in [4.78, 5) is 11.3. The second-order valence-electron chi connectivity index (χ2n) is 5.81. The van der Waals surface area contributed by atoms with Gasteiger partial charge in [-0.2, -0.15) is 0 Å². The van der Waals surface area contributed by atoms with Crippen LogP contribution >= 0.6 is 0 Å². The highest BCUT2D eigenvalue weighted by Crippen LogP contribution is 2.11. The van der Waals surface area contributed by atoms with Gasteiger partial charge in [-0.3, -0.25) is 5.43 Å². The molecule has 0 saturated carbocycles. The molecule has 1 rings (SSSR count). The molecule has 1 aromatic rings. The maximum absolute atomic E-state index is 11.3. The number of amides is 1. The van der Waals surface area contributed by atoms with Gasteiger partial charge in [0.1, 0.15) is 11.4 Å². The average Bonchev–Trinajstić information content (AvgIpc) is 2.45. The van der Waals surface area contributed by atoms with Crippen molar-refractivity contribution in [2.24, 2.45) is 0 Å². The lowest BCUT2D eigenvalue weighted by Crippen LogP contribution is -2.41. The van der Waals surface area contributed by atoms with Crippen molar-refractivity contribution in [1.82, 2.24) is 10.9 Å². The van der Waals surface area contributed by atoms with E-state index in [1.807, 2.05) is 45.0 Å². The van der Waals surface area contributed by atoms with Crippen molar-refractivity contribution < 1.29 is 19.0 Å². The van der Waals surface area contributed by atoms with Gasteiger partial charge in [0.25, 0.3) is 0 Å². The molecule has 0 spiro atoms. The van der Waals surface area contributed by atoms with Gasteiger partial charge in [0, 0.05) is 13.2 Å². The minimum Gasteiger partial charge on any atom is -0.497 e. The maximum atomic E-state index is 11.3. The third-order valence-electron chi connectivity index (χ3n) is 2.61. The molecule has 0 saturated heterocycles. The molecule has 0 radical (unpaired) electrons. The highest BCUT2D eigenvalue weighted by Gasteiger charge is 2.15. The summed E-state index contributed by atoms with van der Waals surface area (Å²) in [6.07, 6.45) is 0.304. The lowest BCUT2D eigenvalue weighted by molar-refractivity contribution is 0.0494. The topological polar surface area (TPSA) is 68.8 Å². The number of methoxy groups -OCH3 is 1. The minimum absolute atomic E-state index is 0.480. The Morgan fingerprint density at radius 2 is 1.86 bits per heavy atom. The Labute approximate surface area is 132 Å². The van der Waals surface area contributed by atoms with Gasteiger partial charge in [-0.05, 0) is 44.9 Å². The van der Waals surface area contributed by atoms with Crippen LogP contribution in [0.2, 0.25) is 0 Å². The summed E-state index contributed by atoms with van der Waals surface area (Å²) in [6.45, 7) is 7.24. The third kappa shape index (κ3) is 8.49. The summed E-state index contributed by atoms with van der Waals surface area (Å²) in [7, 11) is 1.64. The van der Waals surface area contributed by atoms with E-state index in [4.69, 9.17) is 14.2 Å². The lowest BCUT2D eigenvalue weighted by atomic mass is 10.2. The summed E-state index contributed by atoms with van der Waals surface area (Å²) in [6, 6.07) is 7.76. The van der Waals surface area contributed by atoms with Gasteiger partial charge in [-0.15, -0.1) is 0 Å². The SMILES string of the molecule is COc1ccc(COCCCNNC(=O)OC(C)(C)C)cc1. The second kappa shape index (κ2) is 9.27. The zero-order valence-electron chi connectivity index (χ0n) is 13.8. The number of hydrogen-bond donors (Lipinski definition) is 2. The van der Waals surface area contributed by atoms with Gasteiger partial charge in [-0.1, -0.05) is 12.1 Å². The van der Waals surface area contributed by atoms with Crippen molar-refractivity contribution >= 4 is 6.09 Å². The van der Waals surface area contributed by atoms with Crippen LogP contribution in [-0.4, -0.2) is 32.0 Å². The van der Waals surface area contributed by atoms with Crippen LogP contribution < -0.4 is 15.6 Å². The first kappa shape index (κ1) is 18.3. The predicted molar refractivity (Wildman–Crippen MR) is 84.6 cm³/mol. The molecule has 124 valence electrons. The Bertz CT molecular complexity index is 440. The van der Waals surface area contributed by atoms with Crippen LogP contribution in [0.25, 0.3) is 0 Å². The normalized spacial score (nSPS) is 11.1. The Morgan fingerprint density at radius 3 is 2.45 bits per heavy atom. The number of carbonyl (C=O) groups is 1. The number of ether oxygens (including phenoxy) is 3. The molecule has 0 aliphatic heterocycles. The molecule has 0 aliphatic carbocycles. The first-order valence-corrected chi connectivity index (χ1v) is 7.33. The van der Waals surface area contributed by atoms with Gasteiger partial charge in [0.2, 0.25) is 0 Å². The molecular weight excluding hydrogens is 284 g/mol. The van der Waals surface area contributed by atoms with Gasteiger partial charge < -0.3 is 14.2 Å². The molecule has 6 heteroatoms. The van der Waals surface area contributed by atoms with E-state index in [2.05, 4.69) is 10.9 Å². The van der Waals surface area contributed by atoms with E-state index in [1.54, 1.807) is 7.11 Å². The fourth-order valence-corrected chi connectivity index (χ4v) is 1.61. The molecule has 1 aromatic carbocycles. The summed E-state index contributed by atoms with van der Waals surface area (Å²) in [5, 5.41) is 0. The summed E-state index contributed by atoms with van der Waals surface area (Å²) in [5.41, 5.74) is 5.89. The molecule has 2 N–H and O–H groups in total.